The van der Waals surface area contributed by atoms with Gasteiger partial charge in [-0.3, -0.25) is 9.80 Å². The number of thiazole rings is 1. The summed E-state index contributed by atoms with van der Waals surface area (Å²) in [6, 6.07) is 11.1. The highest BCUT2D eigenvalue weighted by Gasteiger charge is 2.33. The minimum absolute atomic E-state index is 0.0630. The molecule has 5 rings (SSSR count). The number of rotatable bonds is 6. The molecule has 1 saturated heterocycles. The van der Waals surface area contributed by atoms with Gasteiger partial charge in [0.2, 0.25) is 16.7 Å². The van der Waals surface area contributed by atoms with E-state index in [1.54, 1.807) is 18.4 Å². The van der Waals surface area contributed by atoms with Crippen LogP contribution in [-0.4, -0.2) is 73.9 Å². The average molecular weight is 460 g/mol. The van der Waals surface area contributed by atoms with Gasteiger partial charge >= 0.3 is 0 Å². The number of benzene rings is 1. The Bertz CT molecular complexity index is 1170. The molecule has 10 heteroatoms. The topological polar surface area (TPSA) is 90.3 Å². The number of β-amino-alcohol motifs (C(OH)–C–C–N with tert-alkyl or cyclic N) is 1. The number of hydrogen-bond donors (Lipinski definition) is 2. The van der Waals surface area contributed by atoms with Gasteiger partial charge in [-0.15, -0.1) is 5.10 Å². The van der Waals surface area contributed by atoms with Gasteiger partial charge in [0.25, 0.3) is 0 Å². The maximum absolute atomic E-state index is 11.1. The number of aliphatic hydroxyl groups is 1. The molecule has 1 aromatic carbocycles. The van der Waals surface area contributed by atoms with Crippen LogP contribution >= 0.6 is 22.9 Å². The van der Waals surface area contributed by atoms with E-state index in [2.05, 4.69) is 19.9 Å². The molecule has 1 aliphatic rings. The molecule has 0 saturated carbocycles. The number of aromatic hydroxyl groups is 1. The summed E-state index contributed by atoms with van der Waals surface area (Å²) in [5, 5.41) is 25.5. The van der Waals surface area contributed by atoms with Crippen LogP contribution in [0.4, 0.5) is 0 Å². The number of piperazine rings is 1. The molecule has 4 heterocycles. The highest BCUT2D eigenvalue weighted by molar-refractivity contribution is 7.17. The standard InChI is InChI=1S/C21H22ClN5O3S/c22-15-5-2-1-4-14(15)17(26-9-7-25(8-10-26)11-12-28)18-20(29)27-21(31-18)23-19(24-27)16-6-3-13-30-16/h1-6,13,17,28-29H,7-12H2. The van der Waals surface area contributed by atoms with Crippen molar-refractivity contribution in [2.75, 3.05) is 39.3 Å². The summed E-state index contributed by atoms with van der Waals surface area (Å²) in [6.45, 7) is 4.08. The van der Waals surface area contributed by atoms with Gasteiger partial charge in [0.1, 0.15) is 0 Å². The number of furan rings is 1. The molecular weight excluding hydrogens is 438 g/mol. The van der Waals surface area contributed by atoms with E-state index < -0.39 is 0 Å². The van der Waals surface area contributed by atoms with Crippen molar-refractivity contribution >= 4 is 27.9 Å². The number of aromatic nitrogens is 3. The van der Waals surface area contributed by atoms with E-state index in [0.717, 1.165) is 36.6 Å². The van der Waals surface area contributed by atoms with Crippen molar-refractivity contribution in [1.82, 2.24) is 24.4 Å². The van der Waals surface area contributed by atoms with E-state index >= 15 is 0 Å². The van der Waals surface area contributed by atoms with Crippen LogP contribution in [0.3, 0.4) is 0 Å². The van der Waals surface area contributed by atoms with Crippen molar-refractivity contribution in [1.29, 1.82) is 0 Å². The van der Waals surface area contributed by atoms with E-state index in [9.17, 15) is 10.2 Å². The van der Waals surface area contributed by atoms with Gasteiger partial charge in [0, 0.05) is 37.7 Å². The largest absolute Gasteiger partial charge is 0.492 e. The molecule has 1 atom stereocenters. The van der Waals surface area contributed by atoms with Crippen LogP contribution in [0.5, 0.6) is 5.88 Å². The molecule has 31 heavy (non-hydrogen) atoms. The summed E-state index contributed by atoms with van der Waals surface area (Å²) in [5.41, 5.74) is 0.936. The zero-order valence-corrected chi connectivity index (χ0v) is 18.3. The SMILES string of the molecule is OCCN1CCN(C(c2ccccc2Cl)c2sc3nc(-c4ccco4)nn3c2O)CC1. The number of fused-ring (bicyclic) bond motifs is 1. The number of aliphatic hydroxyl groups excluding tert-OH is 1. The van der Waals surface area contributed by atoms with Gasteiger partial charge in [-0.25, -0.2) is 0 Å². The lowest BCUT2D eigenvalue weighted by molar-refractivity contribution is 0.0946. The fourth-order valence-corrected chi connectivity index (χ4v) is 5.37. The second-order valence-electron chi connectivity index (χ2n) is 7.42. The van der Waals surface area contributed by atoms with E-state index in [-0.39, 0.29) is 18.5 Å². The minimum Gasteiger partial charge on any atom is -0.492 e. The van der Waals surface area contributed by atoms with Crippen molar-refractivity contribution in [3.8, 4) is 17.5 Å². The molecule has 4 aromatic rings. The first-order valence-corrected chi connectivity index (χ1v) is 11.3. The number of hydrogen-bond acceptors (Lipinski definition) is 8. The third-order valence-corrected chi connectivity index (χ3v) is 6.99. The average Bonchev–Trinajstić information content (AvgIpc) is 3.50. The second kappa shape index (κ2) is 8.60. The van der Waals surface area contributed by atoms with E-state index in [1.807, 2.05) is 24.3 Å². The highest BCUT2D eigenvalue weighted by atomic mass is 35.5. The monoisotopic (exact) mass is 459 g/mol. The van der Waals surface area contributed by atoms with Crippen molar-refractivity contribution in [2.45, 2.75) is 6.04 Å². The van der Waals surface area contributed by atoms with Gasteiger partial charge in [0.15, 0.2) is 5.76 Å². The van der Waals surface area contributed by atoms with Crippen LogP contribution in [-0.2, 0) is 0 Å². The first-order valence-electron chi connectivity index (χ1n) is 10.1. The molecule has 1 fully saturated rings. The molecule has 2 N–H and O–H groups in total. The first kappa shape index (κ1) is 20.5. The molecule has 0 radical (unpaired) electrons. The smallest absolute Gasteiger partial charge is 0.230 e. The van der Waals surface area contributed by atoms with Crippen molar-refractivity contribution in [3.05, 3.63) is 58.1 Å². The Morgan fingerprint density at radius 2 is 1.94 bits per heavy atom. The van der Waals surface area contributed by atoms with Gasteiger partial charge in [0.05, 0.1) is 23.8 Å². The third-order valence-electron chi connectivity index (χ3n) is 5.58. The Balaban J connectivity index is 1.54. The quantitative estimate of drug-likeness (QED) is 0.458. The second-order valence-corrected chi connectivity index (χ2v) is 8.84. The van der Waals surface area contributed by atoms with E-state index in [0.29, 0.717) is 28.1 Å². The van der Waals surface area contributed by atoms with E-state index in [4.69, 9.17) is 16.0 Å². The van der Waals surface area contributed by atoms with Crippen LogP contribution in [0.25, 0.3) is 16.5 Å². The summed E-state index contributed by atoms with van der Waals surface area (Å²) in [6.07, 6.45) is 1.57. The molecule has 0 spiro atoms. The molecular formula is C21H22ClN5O3S. The molecule has 3 aromatic heterocycles. The molecule has 8 nitrogen and oxygen atoms in total. The maximum Gasteiger partial charge on any atom is 0.230 e. The van der Waals surface area contributed by atoms with Crippen LogP contribution in [0.1, 0.15) is 16.5 Å². The van der Waals surface area contributed by atoms with Crippen LogP contribution in [0.2, 0.25) is 5.02 Å². The number of nitrogens with zero attached hydrogens (tertiary/aromatic N) is 5. The summed E-state index contributed by atoms with van der Waals surface area (Å²) >= 11 is 7.99. The summed E-state index contributed by atoms with van der Waals surface area (Å²) in [5.74, 6) is 1.05. The Hall–Kier alpha value is -2.43. The van der Waals surface area contributed by atoms with Gasteiger partial charge < -0.3 is 14.6 Å². The molecule has 162 valence electrons. The van der Waals surface area contributed by atoms with Crippen LogP contribution < -0.4 is 0 Å². The summed E-state index contributed by atoms with van der Waals surface area (Å²) < 4.78 is 6.84. The highest BCUT2D eigenvalue weighted by Crippen LogP contribution is 2.42. The predicted molar refractivity (Wildman–Crippen MR) is 119 cm³/mol. The van der Waals surface area contributed by atoms with Crippen molar-refractivity contribution in [2.24, 2.45) is 0 Å². The minimum atomic E-state index is -0.217. The van der Waals surface area contributed by atoms with Gasteiger partial charge in [-0.2, -0.15) is 9.50 Å². The lowest BCUT2D eigenvalue weighted by Gasteiger charge is -2.39. The molecule has 1 aliphatic heterocycles. The van der Waals surface area contributed by atoms with Crippen molar-refractivity contribution in [3.63, 3.8) is 0 Å². The maximum atomic E-state index is 11.1. The Morgan fingerprint density at radius 1 is 1.13 bits per heavy atom. The van der Waals surface area contributed by atoms with Gasteiger partial charge in [-0.05, 0) is 23.8 Å². The molecule has 0 amide bonds. The zero-order chi connectivity index (χ0) is 21.4. The molecule has 1 unspecified atom stereocenters. The normalized spacial score (nSPS) is 16.8. The summed E-state index contributed by atoms with van der Waals surface area (Å²) in [4.78, 5) is 10.4. The third kappa shape index (κ3) is 3.83. The predicted octanol–water partition coefficient (Wildman–Crippen LogP) is 3.11. The lowest BCUT2D eigenvalue weighted by Crippen LogP contribution is -2.48. The zero-order valence-electron chi connectivity index (χ0n) is 16.7. The Labute approximate surface area is 187 Å². The van der Waals surface area contributed by atoms with Crippen LogP contribution in [0, 0.1) is 0 Å². The lowest BCUT2D eigenvalue weighted by atomic mass is 10.0. The number of halogens is 1. The molecule has 0 aliphatic carbocycles. The van der Waals surface area contributed by atoms with Crippen LogP contribution in [0.15, 0.2) is 47.1 Å². The Kier molecular flexibility index (Phi) is 5.68. The Morgan fingerprint density at radius 3 is 2.61 bits per heavy atom. The summed E-state index contributed by atoms with van der Waals surface area (Å²) in [7, 11) is 0. The van der Waals surface area contributed by atoms with E-state index in [1.165, 1.54) is 15.9 Å². The first-order chi connectivity index (χ1) is 15.2. The molecule has 0 bridgehead atoms. The van der Waals surface area contributed by atoms with Crippen molar-refractivity contribution < 1.29 is 14.6 Å². The van der Waals surface area contributed by atoms with Gasteiger partial charge in [-0.1, -0.05) is 41.1 Å². The fraction of sp³-hybridized carbons (Fsp3) is 0.333. The fourth-order valence-electron chi connectivity index (χ4n) is 4.03.